The van der Waals surface area contributed by atoms with E-state index in [4.69, 9.17) is 19.0 Å². The normalized spacial score (nSPS) is 16.0. The van der Waals surface area contributed by atoms with Gasteiger partial charge in [0.2, 0.25) is 5.82 Å². The Hall–Kier alpha value is -3.65. The second-order valence-electron chi connectivity index (χ2n) is 8.58. The Bertz CT molecular complexity index is 1220. The minimum Gasteiger partial charge on any atom is -0.497 e. The maximum Gasteiger partial charge on any atom is 0.322 e. The average molecular weight is 477 g/mol. The molecule has 0 fully saturated rings. The van der Waals surface area contributed by atoms with Crippen molar-refractivity contribution < 1.29 is 18.8 Å². The van der Waals surface area contributed by atoms with Gasteiger partial charge in [-0.3, -0.25) is 4.90 Å². The minimum atomic E-state index is -0.408. The van der Waals surface area contributed by atoms with Crippen molar-refractivity contribution in [3.8, 4) is 17.1 Å². The minimum absolute atomic E-state index is 0.152. The molecule has 0 saturated heterocycles. The zero-order valence-corrected chi connectivity index (χ0v) is 20.9. The van der Waals surface area contributed by atoms with Gasteiger partial charge in [0.15, 0.2) is 0 Å². The quantitative estimate of drug-likeness (QED) is 0.422. The van der Waals surface area contributed by atoms with Crippen LogP contribution in [0.1, 0.15) is 48.9 Å². The molecule has 8 nitrogen and oxygen atoms in total. The molecule has 1 aliphatic rings. The maximum atomic E-state index is 13.1. The Balaban J connectivity index is 1.74. The molecule has 2 aromatic carbocycles. The fourth-order valence-corrected chi connectivity index (χ4v) is 4.18. The maximum absolute atomic E-state index is 13.1. The van der Waals surface area contributed by atoms with E-state index in [1.54, 1.807) is 12.0 Å². The zero-order valence-electron chi connectivity index (χ0n) is 20.9. The summed E-state index contributed by atoms with van der Waals surface area (Å²) in [5.74, 6) is 1.61. The molecule has 2 amide bonds. The Morgan fingerprint density at radius 1 is 1.09 bits per heavy atom. The van der Waals surface area contributed by atoms with Crippen LogP contribution >= 0.6 is 0 Å². The van der Waals surface area contributed by atoms with Gasteiger partial charge in [-0.2, -0.15) is 4.98 Å². The topological polar surface area (TPSA) is 89.7 Å². The lowest BCUT2D eigenvalue weighted by Crippen LogP contribution is -2.46. The molecule has 3 aromatic rings. The van der Waals surface area contributed by atoms with E-state index in [1.165, 1.54) is 5.56 Å². The Morgan fingerprint density at radius 2 is 1.86 bits per heavy atom. The van der Waals surface area contributed by atoms with Crippen LogP contribution in [0.2, 0.25) is 0 Å². The highest BCUT2D eigenvalue weighted by atomic mass is 16.5. The molecule has 35 heavy (non-hydrogen) atoms. The molecule has 0 radical (unpaired) electrons. The molecule has 1 aromatic heterocycles. The summed E-state index contributed by atoms with van der Waals surface area (Å²) in [4.78, 5) is 19.6. The fourth-order valence-electron chi connectivity index (χ4n) is 4.18. The third-order valence-corrected chi connectivity index (χ3v) is 6.34. The number of rotatable bonds is 9. The van der Waals surface area contributed by atoms with E-state index >= 15 is 0 Å². The Labute approximate surface area is 205 Å². The van der Waals surface area contributed by atoms with Crippen LogP contribution in [0.5, 0.6) is 5.75 Å². The SMILES string of the molecule is CCOCCCN1C(=O)NC(c2ccc(C)c(C)c2)C(c2nc(-c3ccc(OC)cc3)no2)=C1C. The molecule has 8 heteroatoms. The summed E-state index contributed by atoms with van der Waals surface area (Å²) < 4.78 is 16.5. The highest BCUT2D eigenvalue weighted by Gasteiger charge is 2.35. The second-order valence-corrected chi connectivity index (χ2v) is 8.58. The van der Waals surface area contributed by atoms with Crippen molar-refractivity contribution >= 4 is 11.6 Å². The van der Waals surface area contributed by atoms with E-state index < -0.39 is 6.04 Å². The lowest BCUT2D eigenvalue weighted by atomic mass is 9.92. The van der Waals surface area contributed by atoms with Gasteiger partial charge in [-0.25, -0.2) is 4.79 Å². The van der Waals surface area contributed by atoms with Crippen molar-refractivity contribution in [1.29, 1.82) is 0 Å². The number of carbonyl (C=O) groups is 1. The highest BCUT2D eigenvalue weighted by Crippen LogP contribution is 2.38. The number of allylic oxidation sites excluding steroid dienone is 1. The molecule has 4 rings (SSSR count). The van der Waals surface area contributed by atoms with Gasteiger partial charge in [-0.15, -0.1) is 0 Å². The second kappa shape index (κ2) is 10.7. The van der Waals surface area contributed by atoms with Gasteiger partial charge in [0.1, 0.15) is 5.75 Å². The van der Waals surface area contributed by atoms with E-state index in [2.05, 4.69) is 36.5 Å². The Morgan fingerprint density at radius 3 is 2.54 bits per heavy atom. The monoisotopic (exact) mass is 476 g/mol. The standard InChI is InChI=1S/C27H32N4O4/c1-6-34-15-7-14-31-19(4)23(24(28-27(31)32)21-9-8-17(2)18(3)16-21)26-29-25(30-35-26)20-10-12-22(33-5)13-11-20/h8-13,16,24H,6-7,14-15H2,1-5H3,(H,28,32). The van der Waals surface area contributed by atoms with Crippen molar-refractivity contribution in [1.82, 2.24) is 20.4 Å². The van der Waals surface area contributed by atoms with E-state index in [-0.39, 0.29) is 6.03 Å². The van der Waals surface area contributed by atoms with Gasteiger partial charge in [0.05, 0.1) is 18.7 Å². The molecule has 0 aliphatic carbocycles. The summed E-state index contributed by atoms with van der Waals surface area (Å²) in [6.07, 6.45) is 0.723. The first-order valence-corrected chi connectivity index (χ1v) is 11.8. The number of hydrogen-bond donors (Lipinski definition) is 1. The number of aryl methyl sites for hydroxylation is 2. The number of urea groups is 1. The molecular formula is C27H32N4O4. The Kier molecular flexibility index (Phi) is 7.51. The molecule has 2 heterocycles. The fraction of sp³-hybridized carbons (Fsp3) is 0.370. The molecule has 0 saturated carbocycles. The number of hydrogen-bond acceptors (Lipinski definition) is 6. The van der Waals surface area contributed by atoms with Crippen LogP contribution in [0.15, 0.2) is 52.7 Å². The third kappa shape index (κ3) is 5.22. The average Bonchev–Trinajstić information content (AvgIpc) is 3.34. The number of nitrogens with zero attached hydrogens (tertiary/aromatic N) is 3. The van der Waals surface area contributed by atoms with Crippen LogP contribution in [0, 0.1) is 13.8 Å². The van der Waals surface area contributed by atoms with Gasteiger partial charge in [-0.1, -0.05) is 23.4 Å². The van der Waals surface area contributed by atoms with Crippen LogP contribution < -0.4 is 10.1 Å². The van der Waals surface area contributed by atoms with Gasteiger partial charge < -0.3 is 19.3 Å². The first kappa shape index (κ1) is 24.5. The molecule has 1 aliphatic heterocycles. The molecule has 184 valence electrons. The number of nitrogens with one attached hydrogen (secondary N) is 1. The molecule has 1 N–H and O–H groups in total. The van der Waals surface area contributed by atoms with Crippen LogP contribution in [-0.4, -0.2) is 47.9 Å². The number of amides is 2. The summed E-state index contributed by atoms with van der Waals surface area (Å²) >= 11 is 0. The molecule has 0 bridgehead atoms. The van der Waals surface area contributed by atoms with Gasteiger partial charge >= 0.3 is 6.03 Å². The molecular weight excluding hydrogens is 444 g/mol. The van der Waals surface area contributed by atoms with E-state index in [0.29, 0.717) is 31.5 Å². The van der Waals surface area contributed by atoms with Gasteiger partial charge in [-0.05, 0) is 75.1 Å². The summed E-state index contributed by atoms with van der Waals surface area (Å²) in [6.45, 7) is 9.79. The summed E-state index contributed by atoms with van der Waals surface area (Å²) in [5.41, 5.74) is 5.70. The third-order valence-electron chi connectivity index (χ3n) is 6.34. The van der Waals surface area contributed by atoms with Crippen LogP contribution in [0.25, 0.3) is 17.0 Å². The molecule has 1 atom stereocenters. The van der Waals surface area contributed by atoms with E-state index in [1.807, 2.05) is 44.2 Å². The van der Waals surface area contributed by atoms with E-state index in [9.17, 15) is 4.79 Å². The zero-order chi connectivity index (χ0) is 24.9. The van der Waals surface area contributed by atoms with Crippen molar-refractivity contribution in [3.63, 3.8) is 0 Å². The summed E-state index contributed by atoms with van der Waals surface area (Å²) in [6, 6.07) is 13.1. The predicted molar refractivity (Wildman–Crippen MR) is 134 cm³/mol. The van der Waals surface area contributed by atoms with Gasteiger partial charge in [0, 0.05) is 31.0 Å². The first-order valence-electron chi connectivity index (χ1n) is 11.8. The van der Waals surface area contributed by atoms with Crippen LogP contribution in [-0.2, 0) is 4.74 Å². The molecule has 1 unspecified atom stereocenters. The summed E-state index contributed by atoms with van der Waals surface area (Å²) in [5, 5.41) is 7.39. The van der Waals surface area contributed by atoms with Gasteiger partial charge in [0.25, 0.3) is 5.89 Å². The highest BCUT2D eigenvalue weighted by molar-refractivity contribution is 5.87. The largest absolute Gasteiger partial charge is 0.497 e. The summed E-state index contributed by atoms with van der Waals surface area (Å²) in [7, 11) is 1.63. The number of aromatic nitrogens is 2. The first-order chi connectivity index (χ1) is 16.9. The lowest BCUT2D eigenvalue weighted by Gasteiger charge is -2.35. The molecule has 0 spiro atoms. The van der Waals surface area contributed by atoms with Crippen LogP contribution in [0.3, 0.4) is 0 Å². The lowest BCUT2D eigenvalue weighted by molar-refractivity contribution is 0.136. The van der Waals surface area contributed by atoms with E-state index in [0.717, 1.165) is 40.1 Å². The number of carbonyl (C=O) groups excluding carboxylic acids is 1. The van der Waals surface area contributed by atoms with Crippen molar-refractivity contribution in [2.45, 2.75) is 40.2 Å². The number of methoxy groups -OCH3 is 1. The van der Waals surface area contributed by atoms with Crippen molar-refractivity contribution in [3.05, 3.63) is 70.7 Å². The number of benzene rings is 2. The number of ether oxygens (including phenoxy) is 2. The van der Waals surface area contributed by atoms with Crippen molar-refractivity contribution in [2.75, 3.05) is 26.9 Å². The van der Waals surface area contributed by atoms with Crippen LogP contribution in [0.4, 0.5) is 4.79 Å². The van der Waals surface area contributed by atoms with Crippen molar-refractivity contribution in [2.24, 2.45) is 0 Å². The predicted octanol–water partition coefficient (Wildman–Crippen LogP) is 5.29. The smallest absolute Gasteiger partial charge is 0.322 e.